The van der Waals surface area contributed by atoms with Crippen molar-refractivity contribution in [3.63, 3.8) is 0 Å². The highest BCUT2D eigenvalue weighted by molar-refractivity contribution is 7.18. The van der Waals surface area contributed by atoms with E-state index in [1.165, 1.54) is 27.6 Å². The number of piperazine rings is 1. The summed E-state index contributed by atoms with van der Waals surface area (Å²) in [6, 6.07) is 13.7. The van der Waals surface area contributed by atoms with Gasteiger partial charge >= 0.3 is 0 Å². The molecular weight excluding hydrogens is 1030 g/mol. The predicted molar refractivity (Wildman–Crippen MR) is 298 cm³/mol. The quantitative estimate of drug-likeness (QED) is 0.0506. The standard InChI is InChI=1S/C56H68FN13O6S2/c1-34(2)63-42-27-43(44-16-15-39-24-36(28-58)29-62-70(39)44)59-31-41(42)51-65-66-54(78-51)68-21-19-67(20-22-68)47(72)12-10-8-7-9-11-23-76-46-25-37(48-35(3)61-33-77-48)13-14-38(46)30-60-50(73)45-26-40(71)32-69(45)52(74)49(55(4,5)6)64-53(75)56(57)17-18-56/h13-16,24-25,27,29,31,33-34,40,45,49,71H,7-12,17-23,26,30,32H2,1-6H3,(H,59,63)(H,60,73)(H,64,75)/t40-,45+,49-/m1/s1. The number of fused-ring (bicyclic) bond motifs is 1. The fourth-order valence-corrected chi connectivity index (χ4v) is 11.6. The molecule has 3 fully saturated rings. The molecule has 1 aromatic carbocycles. The lowest BCUT2D eigenvalue weighted by atomic mass is 9.85. The normalized spacial score (nSPS) is 17.5. The van der Waals surface area contributed by atoms with Gasteiger partial charge in [-0.3, -0.25) is 24.2 Å². The van der Waals surface area contributed by atoms with Crippen molar-refractivity contribution >= 4 is 62.6 Å². The molecule has 3 aliphatic rings. The first-order chi connectivity index (χ1) is 37.4. The number of aliphatic hydroxyl groups is 1. The van der Waals surface area contributed by atoms with Crippen LogP contribution < -0.4 is 25.6 Å². The van der Waals surface area contributed by atoms with Gasteiger partial charge in [0.1, 0.15) is 23.9 Å². The smallest absolute Gasteiger partial charge is 0.258 e. The van der Waals surface area contributed by atoms with E-state index in [2.05, 4.69) is 61.0 Å². The molecular formula is C56H68FN13O6S2. The van der Waals surface area contributed by atoms with Crippen LogP contribution in [-0.4, -0.2) is 138 Å². The van der Waals surface area contributed by atoms with E-state index in [1.54, 1.807) is 43.1 Å². The Bertz CT molecular complexity index is 3190. The number of ether oxygens (including phenoxy) is 1. The van der Waals surface area contributed by atoms with Gasteiger partial charge in [0.25, 0.3) is 5.91 Å². The van der Waals surface area contributed by atoms with Gasteiger partial charge in [0.2, 0.25) is 22.9 Å². The largest absolute Gasteiger partial charge is 0.493 e. The molecule has 0 spiro atoms. The van der Waals surface area contributed by atoms with Crippen molar-refractivity contribution in [2.75, 3.05) is 49.5 Å². The van der Waals surface area contributed by atoms with Crippen LogP contribution >= 0.6 is 22.7 Å². The number of rotatable bonds is 21. The third kappa shape index (κ3) is 12.9. The zero-order valence-corrected chi connectivity index (χ0v) is 46.7. The van der Waals surface area contributed by atoms with E-state index in [1.807, 2.05) is 54.4 Å². The van der Waals surface area contributed by atoms with Crippen molar-refractivity contribution in [2.45, 2.75) is 136 Å². The molecule has 2 aliphatic heterocycles. The van der Waals surface area contributed by atoms with Crippen LogP contribution in [0.1, 0.15) is 109 Å². The molecule has 0 unspecified atom stereocenters. The number of anilines is 2. The number of likely N-dealkylation sites (tertiary alicyclic amines) is 1. The maximum Gasteiger partial charge on any atom is 0.258 e. The number of halogens is 1. The molecule has 0 bridgehead atoms. The topological polar surface area (TPSA) is 236 Å². The van der Waals surface area contributed by atoms with Crippen LogP contribution in [0.25, 0.3) is 37.9 Å². The van der Waals surface area contributed by atoms with Crippen LogP contribution in [-0.2, 0) is 25.7 Å². The first-order valence-electron chi connectivity index (χ1n) is 26.8. The Kier molecular flexibility index (Phi) is 17.0. The molecule has 22 heteroatoms. The number of alkyl halides is 1. The Morgan fingerprint density at radius 3 is 2.46 bits per heavy atom. The average Bonchev–Trinajstić information content (AvgIpc) is 3.97. The summed E-state index contributed by atoms with van der Waals surface area (Å²) in [7, 11) is 0. The number of nitrogens with one attached hydrogen (secondary N) is 3. The van der Waals surface area contributed by atoms with Crippen LogP contribution in [0.2, 0.25) is 0 Å². The lowest BCUT2D eigenvalue weighted by Crippen LogP contribution is -2.59. The molecule has 1 saturated carbocycles. The van der Waals surface area contributed by atoms with Gasteiger partial charge in [0, 0.05) is 75.6 Å². The number of pyridine rings is 1. The van der Waals surface area contributed by atoms with Crippen molar-refractivity contribution < 1.29 is 33.4 Å². The van der Waals surface area contributed by atoms with E-state index >= 15 is 0 Å². The SMILES string of the molecule is Cc1ncsc1-c1ccc(CNC(=O)[C@@H]2C[C@@H](O)CN2C(=O)[C@@H](NC(=O)C2(F)CC2)C(C)(C)C)c(OCCCCCCCC(=O)N2CCN(c3nnc(-c4cnc(-c5ccc6cc(C#N)cnn56)cc4NC(C)C)s3)CC2)c1. The first kappa shape index (κ1) is 55.7. The number of carbonyl (C=O) groups excluding carboxylic acids is 4. The number of nitrogens with zero attached hydrogens (tertiary/aromatic N) is 10. The highest BCUT2D eigenvalue weighted by atomic mass is 32.1. The second-order valence-corrected chi connectivity index (χ2v) is 23.7. The maximum atomic E-state index is 14.7. The number of β-amino-alcohol motifs (C(OH)–C–C–N with tert-alkyl or cyclic N) is 1. The van der Waals surface area contributed by atoms with Crippen LogP contribution in [0.15, 0.2) is 60.4 Å². The number of hydrogen-bond donors (Lipinski definition) is 4. The predicted octanol–water partition coefficient (Wildman–Crippen LogP) is 7.72. The molecule has 1 aliphatic carbocycles. The molecule has 7 heterocycles. The number of thiazole rings is 1. The fraction of sp³-hybridized carbons (Fsp3) is 0.500. The van der Waals surface area contributed by atoms with Gasteiger partial charge in [-0.15, -0.1) is 21.5 Å². The van der Waals surface area contributed by atoms with Gasteiger partial charge in [-0.05, 0) is 87.8 Å². The van der Waals surface area contributed by atoms with Gasteiger partial charge in [-0.25, -0.2) is 13.9 Å². The fourth-order valence-electron chi connectivity index (χ4n) is 9.87. The molecule has 412 valence electrons. The minimum atomic E-state index is -1.98. The number of unbranched alkanes of at least 4 members (excludes halogenated alkanes) is 4. The Labute approximate surface area is 461 Å². The number of benzene rings is 1. The Hall–Kier alpha value is -7.09. The van der Waals surface area contributed by atoms with Gasteiger partial charge in [0.15, 0.2) is 10.7 Å². The van der Waals surface area contributed by atoms with Crippen molar-refractivity contribution in [3.05, 3.63) is 77.2 Å². The lowest BCUT2D eigenvalue weighted by molar-refractivity contribution is -0.145. The summed E-state index contributed by atoms with van der Waals surface area (Å²) in [6.45, 7) is 14.4. The van der Waals surface area contributed by atoms with Gasteiger partial charge in [-0.2, -0.15) is 10.4 Å². The summed E-state index contributed by atoms with van der Waals surface area (Å²) in [5, 5.41) is 44.2. The van der Waals surface area contributed by atoms with Gasteiger partial charge < -0.3 is 40.5 Å². The molecule has 4 N–H and O–H groups in total. The molecule has 9 rings (SSSR count). The molecule has 2 saturated heterocycles. The third-order valence-electron chi connectivity index (χ3n) is 14.5. The van der Waals surface area contributed by atoms with Gasteiger partial charge in [-0.1, -0.05) is 63.5 Å². The minimum absolute atomic E-state index is 0.0249. The van der Waals surface area contributed by atoms with Crippen LogP contribution in [0.5, 0.6) is 5.75 Å². The second kappa shape index (κ2) is 23.9. The summed E-state index contributed by atoms with van der Waals surface area (Å²) in [4.78, 5) is 69.5. The monoisotopic (exact) mass is 1100 g/mol. The molecule has 78 heavy (non-hydrogen) atoms. The number of carbonyl (C=O) groups is 4. The van der Waals surface area contributed by atoms with E-state index < -0.39 is 47.0 Å². The molecule has 5 aromatic heterocycles. The summed E-state index contributed by atoms with van der Waals surface area (Å²) in [5.74, 6) is -1.05. The van der Waals surface area contributed by atoms with Crippen molar-refractivity contribution in [1.29, 1.82) is 5.26 Å². The molecule has 3 atom stereocenters. The number of aliphatic hydroxyl groups excluding tert-OH is 1. The summed E-state index contributed by atoms with van der Waals surface area (Å²) in [6.07, 6.45) is 7.49. The third-order valence-corrected chi connectivity index (χ3v) is 16.5. The highest BCUT2D eigenvalue weighted by Gasteiger charge is 2.53. The zero-order valence-electron chi connectivity index (χ0n) is 45.1. The number of amides is 4. The van der Waals surface area contributed by atoms with Crippen molar-refractivity contribution in [2.24, 2.45) is 5.41 Å². The second-order valence-electron chi connectivity index (χ2n) is 21.9. The van der Waals surface area contributed by atoms with E-state index in [9.17, 15) is 33.9 Å². The number of nitriles is 1. The molecule has 6 aromatic rings. The Morgan fingerprint density at radius 2 is 1.74 bits per heavy atom. The van der Waals surface area contributed by atoms with Crippen molar-refractivity contribution in [3.8, 4) is 44.2 Å². The summed E-state index contributed by atoms with van der Waals surface area (Å²) >= 11 is 3.03. The van der Waals surface area contributed by atoms with E-state index in [4.69, 9.17) is 9.72 Å². The lowest BCUT2D eigenvalue weighted by Gasteiger charge is -2.35. The zero-order chi connectivity index (χ0) is 55.3. The van der Waals surface area contributed by atoms with Crippen LogP contribution in [0, 0.1) is 23.7 Å². The Morgan fingerprint density at radius 1 is 0.974 bits per heavy atom. The molecule has 19 nitrogen and oxygen atoms in total. The van der Waals surface area contributed by atoms with E-state index in [0.717, 1.165) is 92.1 Å². The molecule has 0 radical (unpaired) electrons. The summed E-state index contributed by atoms with van der Waals surface area (Å²) < 4.78 is 22.9. The number of aromatic nitrogens is 6. The average molecular weight is 1100 g/mol. The highest BCUT2D eigenvalue weighted by Crippen LogP contribution is 2.41. The van der Waals surface area contributed by atoms with Crippen molar-refractivity contribution in [1.82, 2.24) is 50.2 Å². The summed E-state index contributed by atoms with van der Waals surface area (Å²) in [5.41, 5.74) is 6.16. The minimum Gasteiger partial charge on any atom is -0.493 e. The van der Waals surface area contributed by atoms with Crippen LogP contribution in [0.3, 0.4) is 0 Å². The number of aryl methyl sites for hydroxylation is 1. The van der Waals surface area contributed by atoms with E-state index in [-0.39, 0.29) is 44.3 Å². The Balaban J connectivity index is 0.725. The van der Waals surface area contributed by atoms with E-state index in [0.29, 0.717) is 50.5 Å². The van der Waals surface area contributed by atoms with Crippen LogP contribution in [0.4, 0.5) is 15.2 Å². The number of hydrogen-bond acceptors (Lipinski definition) is 16. The first-order valence-corrected chi connectivity index (χ1v) is 28.5. The van der Waals surface area contributed by atoms with Gasteiger partial charge in [0.05, 0.1) is 63.0 Å². The molecule has 4 amide bonds. The maximum absolute atomic E-state index is 14.7.